The first-order valence-corrected chi connectivity index (χ1v) is 7.40. The molecule has 0 amide bonds. The van der Waals surface area contributed by atoms with Gasteiger partial charge in [-0.25, -0.2) is 4.79 Å². The highest BCUT2D eigenvalue weighted by atomic mass is 79.9. The molecule has 1 aromatic heterocycles. The molecule has 7 heteroatoms. The fourth-order valence-electron chi connectivity index (χ4n) is 1.42. The van der Waals surface area contributed by atoms with Crippen molar-refractivity contribution < 1.29 is 19.4 Å². The monoisotopic (exact) mass is 374 g/mol. The third kappa shape index (κ3) is 3.59. The minimum Gasteiger partial charge on any atom is -0.507 e. The van der Waals surface area contributed by atoms with E-state index in [4.69, 9.17) is 16.3 Å². The number of halogens is 2. The quantitative estimate of drug-likeness (QED) is 0.650. The van der Waals surface area contributed by atoms with Gasteiger partial charge in [0, 0.05) is 5.02 Å². The molecule has 0 spiro atoms. The molecule has 1 heterocycles. The Labute approximate surface area is 132 Å². The van der Waals surface area contributed by atoms with Gasteiger partial charge in [-0.05, 0) is 46.3 Å². The average molecular weight is 376 g/mol. The summed E-state index contributed by atoms with van der Waals surface area (Å²) in [5.41, 5.74) is -0.0328. The van der Waals surface area contributed by atoms with Gasteiger partial charge in [0.25, 0.3) is 0 Å². The number of rotatable bonds is 4. The molecular weight excluding hydrogens is 368 g/mol. The minimum atomic E-state index is -0.775. The standard InChI is InChI=1S/C13H8BrClO4S/c14-12-4-3-11(20-12)10(17)6-19-13(18)8-2-1-7(15)5-9(8)16/h1-5,16H,6H2. The highest BCUT2D eigenvalue weighted by molar-refractivity contribution is 9.11. The minimum absolute atomic E-state index is 0.0328. The molecule has 1 aromatic carbocycles. The Balaban J connectivity index is 2.00. The zero-order chi connectivity index (χ0) is 14.7. The summed E-state index contributed by atoms with van der Waals surface area (Å²) in [4.78, 5) is 24.0. The molecular formula is C13H8BrClO4S. The lowest BCUT2D eigenvalue weighted by molar-refractivity contribution is 0.0473. The van der Waals surface area contributed by atoms with Crippen LogP contribution in [0.2, 0.25) is 5.02 Å². The number of hydrogen-bond acceptors (Lipinski definition) is 5. The molecule has 20 heavy (non-hydrogen) atoms. The summed E-state index contributed by atoms with van der Waals surface area (Å²) in [5, 5.41) is 9.88. The van der Waals surface area contributed by atoms with E-state index in [9.17, 15) is 14.7 Å². The predicted molar refractivity (Wildman–Crippen MR) is 79.7 cm³/mol. The largest absolute Gasteiger partial charge is 0.507 e. The van der Waals surface area contributed by atoms with Crippen molar-refractivity contribution in [1.82, 2.24) is 0 Å². The van der Waals surface area contributed by atoms with Gasteiger partial charge in [0.05, 0.1) is 8.66 Å². The lowest BCUT2D eigenvalue weighted by Gasteiger charge is -2.05. The topological polar surface area (TPSA) is 63.6 Å². The summed E-state index contributed by atoms with van der Waals surface area (Å²) < 4.78 is 5.70. The summed E-state index contributed by atoms with van der Waals surface area (Å²) >= 11 is 10.2. The normalized spacial score (nSPS) is 10.3. The summed E-state index contributed by atoms with van der Waals surface area (Å²) in [6, 6.07) is 7.41. The number of esters is 1. The maximum absolute atomic E-state index is 11.8. The lowest BCUT2D eigenvalue weighted by atomic mass is 10.2. The zero-order valence-corrected chi connectivity index (χ0v) is 13.1. The molecule has 0 aliphatic carbocycles. The molecule has 2 aromatic rings. The van der Waals surface area contributed by atoms with E-state index < -0.39 is 5.97 Å². The van der Waals surface area contributed by atoms with Gasteiger partial charge in [0.15, 0.2) is 6.61 Å². The van der Waals surface area contributed by atoms with Crippen molar-refractivity contribution in [3.63, 3.8) is 0 Å². The Morgan fingerprint density at radius 2 is 2.05 bits per heavy atom. The van der Waals surface area contributed by atoms with Crippen LogP contribution >= 0.6 is 38.9 Å². The smallest absolute Gasteiger partial charge is 0.342 e. The van der Waals surface area contributed by atoms with Crippen LogP contribution in [0.1, 0.15) is 20.0 Å². The van der Waals surface area contributed by atoms with Crippen LogP contribution in [0.15, 0.2) is 34.1 Å². The molecule has 2 rings (SSSR count). The van der Waals surface area contributed by atoms with E-state index in [1.807, 2.05) is 0 Å². The van der Waals surface area contributed by atoms with Gasteiger partial charge in [0.1, 0.15) is 11.3 Å². The van der Waals surface area contributed by atoms with Gasteiger partial charge in [-0.15, -0.1) is 11.3 Å². The highest BCUT2D eigenvalue weighted by Crippen LogP contribution is 2.24. The maximum atomic E-state index is 11.8. The molecule has 0 saturated heterocycles. The number of hydrogen-bond donors (Lipinski definition) is 1. The predicted octanol–water partition coefficient (Wildman–Crippen LogP) is 3.91. The third-order valence-electron chi connectivity index (χ3n) is 2.36. The van der Waals surface area contributed by atoms with E-state index in [1.165, 1.54) is 29.5 Å². The number of phenolic OH excluding ortho intramolecular Hbond substituents is 1. The van der Waals surface area contributed by atoms with Crippen LogP contribution in [0.25, 0.3) is 0 Å². The summed E-state index contributed by atoms with van der Waals surface area (Å²) in [5.74, 6) is -1.36. The number of ketones is 1. The fraction of sp³-hybridized carbons (Fsp3) is 0.0769. The molecule has 104 valence electrons. The van der Waals surface area contributed by atoms with Gasteiger partial charge in [0.2, 0.25) is 5.78 Å². The first-order valence-electron chi connectivity index (χ1n) is 5.41. The lowest BCUT2D eigenvalue weighted by Crippen LogP contribution is -2.13. The average Bonchev–Trinajstić information content (AvgIpc) is 2.82. The molecule has 0 bridgehead atoms. The van der Waals surface area contributed by atoms with Gasteiger partial charge >= 0.3 is 5.97 Å². The molecule has 0 unspecified atom stereocenters. The van der Waals surface area contributed by atoms with Gasteiger partial charge in [-0.3, -0.25) is 4.79 Å². The van der Waals surface area contributed by atoms with Crippen LogP contribution in [0.4, 0.5) is 0 Å². The van der Waals surface area contributed by atoms with Crippen LogP contribution in [-0.4, -0.2) is 23.5 Å². The molecule has 0 fully saturated rings. The third-order valence-corrected chi connectivity index (χ3v) is 4.26. The van der Waals surface area contributed by atoms with Crippen molar-refractivity contribution in [2.24, 2.45) is 0 Å². The van der Waals surface area contributed by atoms with E-state index in [2.05, 4.69) is 15.9 Å². The summed E-state index contributed by atoms with van der Waals surface area (Å²) in [6.45, 7) is -0.381. The SMILES string of the molecule is O=C(COC(=O)c1ccc(Cl)cc1O)c1ccc(Br)s1. The van der Waals surface area contributed by atoms with E-state index in [0.29, 0.717) is 9.90 Å². The van der Waals surface area contributed by atoms with Gasteiger partial charge in [-0.2, -0.15) is 0 Å². The van der Waals surface area contributed by atoms with Gasteiger partial charge < -0.3 is 9.84 Å². The molecule has 4 nitrogen and oxygen atoms in total. The van der Waals surface area contributed by atoms with Crippen molar-refractivity contribution in [1.29, 1.82) is 0 Å². The summed E-state index contributed by atoms with van der Waals surface area (Å²) in [7, 11) is 0. The zero-order valence-electron chi connectivity index (χ0n) is 9.93. The first kappa shape index (κ1) is 15.0. The van der Waals surface area contributed by atoms with Crippen molar-refractivity contribution in [3.8, 4) is 5.75 Å². The number of carbonyl (C=O) groups is 2. The first-order chi connectivity index (χ1) is 9.47. The Kier molecular flexibility index (Phi) is 4.80. The van der Waals surface area contributed by atoms with E-state index in [-0.39, 0.29) is 23.7 Å². The van der Waals surface area contributed by atoms with Crippen LogP contribution in [-0.2, 0) is 4.74 Å². The number of benzene rings is 1. The molecule has 0 aliphatic rings. The number of thiophene rings is 1. The van der Waals surface area contributed by atoms with Crippen LogP contribution in [0, 0.1) is 0 Å². The Morgan fingerprint density at radius 1 is 1.30 bits per heavy atom. The maximum Gasteiger partial charge on any atom is 0.342 e. The number of ether oxygens (including phenoxy) is 1. The number of Topliss-reactive ketones (excluding diaryl/α,β-unsaturated/α-hetero) is 1. The second-order valence-corrected chi connectivity index (χ2v) is 6.66. The van der Waals surface area contributed by atoms with Crippen molar-refractivity contribution in [2.75, 3.05) is 6.61 Å². The van der Waals surface area contributed by atoms with E-state index in [0.717, 1.165) is 3.79 Å². The van der Waals surface area contributed by atoms with Crippen molar-refractivity contribution in [2.45, 2.75) is 0 Å². The van der Waals surface area contributed by atoms with Crippen molar-refractivity contribution in [3.05, 3.63) is 49.6 Å². The van der Waals surface area contributed by atoms with Crippen LogP contribution < -0.4 is 0 Å². The Bertz CT molecular complexity index is 668. The van der Waals surface area contributed by atoms with E-state index in [1.54, 1.807) is 12.1 Å². The number of carbonyl (C=O) groups excluding carboxylic acids is 2. The van der Waals surface area contributed by atoms with E-state index >= 15 is 0 Å². The Morgan fingerprint density at radius 3 is 2.65 bits per heavy atom. The molecule has 0 saturated carbocycles. The molecule has 0 atom stereocenters. The molecule has 0 radical (unpaired) electrons. The van der Waals surface area contributed by atoms with Crippen molar-refractivity contribution >= 4 is 50.6 Å². The summed E-state index contributed by atoms with van der Waals surface area (Å²) in [6.07, 6.45) is 0. The fourth-order valence-corrected chi connectivity index (χ4v) is 2.90. The van der Waals surface area contributed by atoms with Gasteiger partial charge in [-0.1, -0.05) is 11.6 Å². The molecule has 1 N–H and O–H groups in total. The molecule has 0 aliphatic heterocycles. The van der Waals surface area contributed by atoms with Crippen LogP contribution in [0.5, 0.6) is 5.75 Å². The second-order valence-electron chi connectivity index (χ2n) is 3.76. The number of aromatic hydroxyl groups is 1. The Hall–Kier alpha value is -1.37. The highest BCUT2D eigenvalue weighted by Gasteiger charge is 2.16. The van der Waals surface area contributed by atoms with Crippen LogP contribution in [0.3, 0.4) is 0 Å². The number of phenols is 1. The second kappa shape index (κ2) is 6.39.